The number of amides is 1. The van der Waals surface area contributed by atoms with Crippen molar-refractivity contribution in [3.05, 3.63) is 41.9 Å². The van der Waals surface area contributed by atoms with Crippen molar-refractivity contribution < 1.29 is 22.9 Å². The summed E-state index contributed by atoms with van der Waals surface area (Å²) in [5, 5.41) is 13.1. The highest BCUT2D eigenvalue weighted by atomic mass is 19.1. The Morgan fingerprint density at radius 3 is 2.42 bits per heavy atom. The number of hydrogen-bond acceptors (Lipinski definition) is 8. The minimum atomic E-state index is -1.02. The fraction of sp³-hybridized carbons (Fsp3) is 0.667. The lowest BCUT2D eigenvalue weighted by molar-refractivity contribution is -0.215. The van der Waals surface area contributed by atoms with Gasteiger partial charge >= 0.3 is 0 Å². The van der Waals surface area contributed by atoms with Crippen molar-refractivity contribution in [2.75, 3.05) is 24.7 Å². The zero-order valence-electron chi connectivity index (χ0n) is 24.7. The Balaban J connectivity index is 0.969. The van der Waals surface area contributed by atoms with Crippen LogP contribution in [0.3, 0.4) is 0 Å². The molecule has 1 saturated heterocycles. The van der Waals surface area contributed by atoms with E-state index in [2.05, 4.69) is 22.3 Å². The normalized spacial score (nSPS) is 35.1. The number of benzene rings is 1. The highest BCUT2D eigenvalue weighted by Crippen LogP contribution is 2.71. The first-order chi connectivity index (χ1) is 20.7. The Kier molecular flexibility index (Phi) is 5.34. The number of hydrogen-bond donors (Lipinski definition) is 0. The molecule has 43 heavy (non-hydrogen) atoms. The maximum absolute atomic E-state index is 14.4. The van der Waals surface area contributed by atoms with E-state index in [1.807, 2.05) is 29.2 Å². The number of halogens is 1. The van der Waals surface area contributed by atoms with Gasteiger partial charge in [0.2, 0.25) is 23.6 Å². The van der Waals surface area contributed by atoms with Crippen LogP contribution in [0.5, 0.6) is 0 Å². The van der Waals surface area contributed by atoms with Crippen LogP contribution in [0.15, 0.2) is 33.2 Å². The fourth-order valence-electron chi connectivity index (χ4n) is 8.83. The molecule has 0 atom stereocenters. The molecule has 8 fully saturated rings. The van der Waals surface area contributed by atoms with Crippen LogP contribution in [0, 0.1) is 10.8 Å². The molecule has 8 aliphatic rings. The number of alkyl halides is 1. The fourth-order valence-corrected chi connectivity index (χ4v) is 8.83. The van der Waals surface area contributed by atoms with Crippen molar-refractivity contribution >= 4 is 11.6 Å². The summed E-state index contributed by atoms with van der Waals surface area (Å²) in [6.45, 7) is 4.02. The SMILES string of the molecule is CC1(c2nc(C34CCC(CN(C(=O)CC56CC(F)(C5)C6)c5cccc(-c6nnc(C7CC7)o6)c5)(CC3)CC4)no2)COC1. The second-order valence-electron chi connectivity index (χ2n) is 15.4. The van der Waals surface area contributed by atoms with Crippen LogP contribution < -0.4 is 4.90 Å². The Labute approximate surface area is 249 Å². The summed E-state index contributed by atoms with van der Waals surface area (Å²) in [6, 6.07) is 7.96. The standard InChI is InChI=1S/C33H38FN5O4/c1-29(19-41-20-29)28-35-27(38-43-28)32-10-7-30(8-11-32,9-12-32)18-39(24(40)14-31-15-33(34,16-31)17-31)23-4-2-3-22(13-23)26-37-36-25(42-26)21-5-6-21/h2-4,13,21H,5-12,14-20H2,1H3. The Morgan fingerprint density at radius 1 is 1.02 bits per heavy atom. The van der Waals surface area contributed by atoms with Gasteiger partial charge in [0, 0.05) is 35.5 Å². The molecule has 226 valence electrons. The third-order valence-corrected chi connectivity index (χ3v) is 11.8. The van der Waals surface area contributed by atoms with Crippen LogP contribution in [0.4, 0.5) is 10.1 Å². The number of ether oxygens (including phenoxy) is 1. The van der Waals surface area contributed by atoms with Gasteiger partial charge in [-0.2, -0.15) is 4.98 Å². The zero-order valence-corrected chi connectivity index (χ0v) is 24.7. The number of carbonyl (C=O) groups excluding carboxylic acids is 1. The van der Waals surface area contributed by atoms with E-state index >= 15 is 0 Å². The van der Waals surface area contributed by atoms with Crippen LogP contribution in [0.1, 0.15) is 107 Å². The first kappa shape index (κ1) is 26.3. The van der Waals surface area contributed by atoms with Crippen LogP contribution in [0.2, 0.25) is 0 Å². The third-order valence-electron chi connectivity index (χ3n) is 11.8. The van der Waals surface area contributed by atoms with Gasteiger partial charge in [-0.15, -0.1) is 10.2 Å². The molecular formula is C33H38FN5O4. The first-order valence-electron chi connectivity index (χ1n) is 16.0. The topological polar surface area (TPSA) is 107 Å². The second-order valence-corrected chi connectivity index (χ2v) is 15.4. The molecule has 0 radical (unpaired) electrons. The van der Waals surface area contributed by atoms with Crippen LogP contribution in [-0.4, -0.2) is 51.7 Å². The van der Waals surface area contributed by atoms with Crippen molar-refractivity contribution in [1.29, 1.82) is 0 Å². The van der Waals surface area contributed by atoms with Gasteiger partial charge in [0.25, 0.3) is 0 Å². The number of carbonyl (C=O) groups is 1. The lowest BCUT2D eigenvalue weighted by Gasteiger charge is -2.66. The molecule has 9 nitrogen and oxygen atoms in total. The maximum atomic E-state index is 14.4. The Bertz CT molecular complexity index is 1560. The number of fused-ring (bicyclic) bond motifs is 3. The predicted octanol–water partition coefficient (Wildman–Crippen LogP) is 6.19. The van der Waals surface area contributed by atoms with E-state index in [1.54, 1.807) is 0 Å². The van der Waals surface area contributed by atoms with E-state index in [0.29, 0.717) is 69.0 Å². The Morgan fingerprint density at radius 2 is 1.77 bits per heavy atom. The highest BCUT2D eigenvalue weighted by Gasteiger charge is 2.69. The molecule has 3 aromatic rings. The predicted molar refractivity (Wildman–Crippen MR) is 153 cm³/mol. The van der Waals surface area contributed by atoms with Crippen molar-refractivity contribution in [1.82, 2.24) is 20.3 Å². The molecule has 1 aliphatic heterocycles. The van der Waals surface area contributed by atoms with E-state index in [4.69, 9.17) is 18.7 Å². The molecule has 3 heterocycles. The van der Waals surface area contributed by atoms with E-state index in [9.17, 15) is 9.18 Å². The molecule has 7 saturated carbocycles. The summed E-state index contributed by atoms with van der Waals surface area (Å²) < 4.78 is 31.6. The molecule has 0 unspecified atom stereocenters. The van der Waals surface area contributed by atoms with Crippen LogP contribution in [0.25, 0.3) is 11.5 Å². The maximum Gasteiger partial charge on any atom is 0.247 e. The molecule has 0 spiro atoms. The minimum absolute atomic E-state index is 0.0259. The summed E-state index contributed by atoms with van der Waals surface area (Å²) in [4.78, 5) is 21.0. The lowest BCUT2D eigenvalue weighted by atomic mass is 9.41. The average molecular weight is 588 g/mol. The molecule has 10 heteroatoms. The van der Waals surface area contributed by atoms with Gasteiger partial charge in [0.15, 0.2) is 5.82 Å². The zero-order chi connectivity index (χ0) is 29.1. The van der Waals surface area contributed by atoms with Gasteiger partial charge in [-0.25, -0.2) is 4.39 Å². The molecular weight excluding hydrogens is 549 g/mol. The molecule has 11 rings (SSSR count). The van der Waals surface area contributed by atoms with E-state index in [-0.39, 0.29) is 27.6 Å². The average Bonchev–Trinajstić information content (AvgIpc) is 3.48. The van der Waals surface area contributed by atoms with Crippen LogP contribution >= 0.6 is 0 Å². The smallest absolute Gasteiger partial charge is 0.247 e. The monoisotopic (exact) mass is 587 g/mol. The Hall–Kier alpha value is -3.14. The second kappa shape index (κ2) is 8.73. The van der Waals surface area contributed by atoms with Crippen molar-refractivity contribution in [3.63, 3.8) is 0 Å². The molecule has 2 aromatic heterocycles. The van der Waals surface area contributed by atoms with Crippen molar-refractivity contribution in [2.45, 2.75) is 106 Å². The van der Waals surface area contributed by atoms with Gasteiger partial charge in [-0.1, -0.05) is 11.2 Å². The van der Waals surface area contributed by atoms with Gasteiger partial charge in [-0.3, -0.25) is 4.79 Å². The summed E-state index contributed by atoms with van der Waals surface area (Å²) in [5.41, 5.74) is 0.298. The summed E-state index contributed by atoms with van der Waals surface area (Å²) in [6.07, 6.45) is 10.2. The van der Waals surface area contributed by atoms with Crippen molar-refractivity contribution in [2.24, 2.45) is 10.8 Å². The van der Waals surface area contributed by atoms with Gasteiger partial charge < -0.3 is 18.6 Å². The highest BCUT2D eigenvalue weighted by molar-refractivity contribution is 5.94. The number of aromatic nitrogens is 4. The van der Waals surface area contributed by atoms with Crippen LogP contribution in [-0.2, 0) is 20.4 Å². The van der Waals surface area contributed by atoms with Gasteiger partial charge in [0.1, 0.15) is 5.67 Å². The van der Waals surface area contributed by atoms with Gasteiger partial charge in [-0.05, 0) is 107 Å². The summed E-state index contributed by atoms with van der Waals surface area (Å²) >= 11 is 0. The molecule has 7 aliphatic carbocycles. The van der Waals surface area contributed by atoms with E-state index in [1.165, 1.54) is 0 Å². The van der Waals surface area contributed by atoms with Crippen molar-refractivity contribution in [3.8, 4) is 11.5 Å². The number of nitrogens with zero attached hydrogens (tertiary/aromatic N) is 5. The minimum Gasteiger partial charge on any atom is -0.420 e. The van der Waals surface area contributed by atoms with E-state index < -0.39 is 5.67 Å². The molecule has 1 amide bonds. The summed E-state index contributed by atoms with van der Waals surface area (Å²) in [5.74, 6) is 3.21. The summed E-state index contributed by atoms with van der Waals surface area (Å²) in [7, 11) is 0. The first-order valence-corrected chi connectivity index (χ1v) is 16.0. The molecule has 4 bridgehead atoms. The third kappa shape index (κ3) is 4.15. The molecule has 0 N–H and O–H groups in total. The molecule has 1 aromatic carbocycles. The largest absolute Gasteiger partial charge is 0.420 e. The van der Waals surface area contributed by atoms with Gasteiger partial charge in [0.05, 0.1) is 18.6 Å². The number of rotatable bonds is 9. The quantitative estimate of drug-likeness (QED) is 0.292. The number of anilines is 1. The lowest BCUT2D eigenvalue weighted by Crippen LogP contribution is -2.65. The van der Waals surface area contributed by atoms with E-state index in [0.717, 1.165) is 68.4 Å².